The van der Waals surface area contributed by atoms with Crippen molar-refractivity contribution in [1.82, 2.24) is 5.32 Å². The molecule has 21 heavy (non-hydrogen) atoms. The minimum absolute atomic E-state index is 0.102. The summed E-state index contributed by atoms with van der Waals surface area (Å²) in [7, 11) is 0. The van der Waals surface area contributed by atoms with Crippen LogP contribution in [0.3, 0.4) is 0 Å². The Balaban J connectivity index is 1.51. The van der Waals surface area contributed by atoms with Gasteiger partial charge >= 0.3 is 0 Å². The minimum Gasteiger partial charge on any atom is -0.393 e. The summed E-state index contributed by atoms with van der Waals surface area (Å²) in [6, 6.07) is 12.8. The molecule has 112 valence electrons. The molecule has 2 atom stereocenters. The van der Waals surface area contributed by atoms with Gasteiger partial charge in [-0.2, -0.15) is 0 Å². The lowest BCUT2D eigenvalue weighted by atomic mass is 9.86. The molecule has 1 saturated carbocycles. The van der Waals surface area contributed by atoms with E-state index in [9.17, 15) is 5.11 Å². The van der Waals surface area contributed by atoms with E-state index in [2.05, 4.69) is 41.0 Å². The van der Waals surface area contributed by atoms with Crippen LogP contribution in [0, 0.1) is 5.92 Å². The first-order valence-corrected chi connectivity index (χ1v) is 8.72. The third kappa shape index (κ3) is 3.94. The topological polar surface area (TPSA) is 32.3 Å². The van der Waals surface area contributed by atoms with Crippen LogP contribution in [0.25, 0.3) is 11.1 Å². The van der Waals surface area contributed by atoms with E-state index in [0.29, 0.717) is 5.92 Å². The SMILES string of the molecule is OC1CCCCC1CNCc1cc(-c2ccccc2)cs1. The van der Waals surface area contributed by atoms with E-state index in [1.165, 1.54) is 28.8 Å². The van der Waals surface area contributed by atoms with E-state index >= 15 is 0 Å². The third-order valence-corrected chi connectivity index (χ3v) is 5.27. The van der Waals surface area contributed by atoms with Gasteiger partial charge in [-0.25, -0.2) is 0 Å². The first-order chi connectivity index (χ1) is 10.3. The standard InChI is InChI=1S/C18H23NOS/c20-18-9-5-4-8-15(18)11-19-12-17-10-16(13-21-17)14-6-2-1-3-7-14/h1-3,6-7,10,13,15,18-20H,4-5,8-9,11-12H2. The van der Waals surface area contributed by atoms with Crippen molar-refractivity contribution in [1.29, 1.82) is 0 Å². The molecule has 2 aromatic rings. The molecule has 0 bridgehead atoms. The van der Waals surface area contributed by atoms with Gasteiger partial charge in [-0.3, -0.25) is 0 Å². The molecular weight excluding hydrogens is 278 g/mol. The van der Waals surface area contributed by atoms with Gasteiger partial charge in [0.25, 0.3) is 0 Å². The Bertz CT molecular complexity index is 551. The summed E-state index contributed by atoms with van der Waals surface area (Å²) in [6.07, 6.45) is 4.48. The van der Waals surface area contributed by atoms with Gasteiger partial charge in [-0.05, 0) is 41.3 Å². The maximum Gasteiger partial charge on any atom is 0.0580 e. The van der Waals surface area contributed by atoms with Crippen LogP contribution in [-0.4, -0.2) is 17.8 Å². The highest BCUT2D eigenvalue weighted by atomic mass is 32.1. The lowest BCUT2D eigenvalue weighted by molar-refractivity contribution is 0.0695. The van der Waals surface area contributed by atoms with Crippen LogP contribution in [0.5, 0.6) is 0 Å². The van der Waals surface area contributed by atoms with Gasteiger partial charge in [-0.15, -0.1) is 11.3 Å². The Morgan fingerprint density at radius 1 is 1.10 bits per heavy atom. The Morgan fingerprint density at radius 3 is 2.71 bits per heavy atom. The largest absolute Gasteiger partial charge is 0.393 e. The van der Waals surface area contributed by atoms with Crippen LogP contribution >= 0.6 is 11.3 Å². The van der Waals surface area contributed by atoms with E-state index in [1.54, 1.807) is 11.3 Å². The smallest absolute Gasteiger partial charge is 0.0580 e. The first-order valence-electron chi connectivity index (χ1n) is 7.84. The predicted octanol–water partition coefficient (Wildman–Crippen LogP) is 4.06. The summed E-state index contributed by atoms with van der Waals surface area (Å²) < 4.78 is 0. The van der Waals surface area contributed by atoms with Crippen LogP contribution in [-0.2, 0) is 6.54 Å². The number of hydrogen-bond acceptors (Lipinski definition) is 3. The van der Waals surface area contributed by atoms with E-state index in [1.807, 2.05) is 6.07 Å². The maximum absolute atomic E-state index is 9.98. The zero-order chi connectivity index (χ0) is 14.5. The molecule has 2 nitrogen and oxygen atoms in total. The van der Waals surface area contributed by atoms with Crippen molar-refractivity contribution in [2.75, 3.05) is 6.54 Å². The number of rotatable bonds is 5. The van der Waals surface area contributed by atoms with Gasteiger partial charge in [0.1, 0.15) is 0 Å². The molecule has 0 aliphatic heterocycles. The molecular formula is C18H23NOS. The van der Waals surface area contributed by atoms with E-state index in [4.69, 9.17) is 0 Å². The van der Waals surface area contributed by atoms with E-state index in [0.717, 1.165) is 25.9 Å². The number of aliphatic hydroxyl groups is 1. The van der Waals surface area contributed by atoms with E-state index < -0.39 is 0 Å². The molecule has 1 aliphatic rings. The van der Waals surface area contributed by atoms with Gasteiger partial charge in [0, 0.05) is 18.0 Å². The van der Waals surface area contributed by atoms with Crippen molar-refractivity contribution >= 4 is 11.3 Å². The van der Waals surface area contributed by atoms with Crippen molar-refractivity contribution in [3.8, 4) is 11.1 Å². The number of aliphatic hydroxyl groups excluding tert-OH is 1. The van der Waals surface area contributed by atoms with Gasteiger partial charge in [0.2, 0.25) is 0 Å². The highest BCUT2D eigenvalue weighted by Gasteiger charge is 2.22. The van der Waals surface area contributed by atoms with Crippen molar-refractivity contribution in [2.45, 2.75) is 38.3 Å². The van der Waals surface area contributed by atoms with Crippen LogP contribution < -0.4 is 5.32 Å². The second kappa shape index (κ2) is 7.21. The molecule has 1 fully saturated rings. The molecule has 2 N–H and O–H groups in total. The molecule has 1 aromatic heterocycles. The number of nitrogens with one attached hydrogen (secondary N) is 1. The molecule has 0 saturated heterocycles. The molecule has 1 aromatic carbocycles. The zero-order valence-electron chi connectivity index (χ0n) is 12.3. The van der Waals surface area contributed by atoms with Crippen LogP contribution in [0.2, 0.25) is 0 Å². The fourth-order valence-corrected chi connectivity index (χ4v) is 3.93. The van der Waals surface area contributed by atoms with Gasteiger partial charge in [0.15, 0.2) is 0 Å². The third-order valence-electron chi connectivity index (χ3n) is 4.34. The Hall–Kier alpha value is -1.16. The zero-order valence-corrected chi connectivity index (χ0v) is 13.1. The minimum atomic E-state index is -0.102. The summed E-state index contributed by atoms with van der Waals surface area (Å²) >= 11 is 1.81. The summed E-state index contributed by atoms with van der Waals surface area (Å²) in [5.41, 5.74) is 2.58. The molecule has 2 unspecified atom stereocenters. The Labute approximate surface area is 130 Å². The van der Waals surface area contributed by atoms with Gasteiger partial charge in [0.05, 0.1) is 6.10 Å². The number of hydrogen-bond donors (Lipinski definition) is 2. The summed E-state index contributed by atoms with van der Waals surface area (Å²) in [5, 5.41) is 15.7. The molecule has 3 rings (SSSR count). The molecule has 0 amide bonds. The highest BCUT2D eigenvalue weighted by Crippen LogP contribution is 2.26. The van der Waals surface area contributed by atoms with Crippen molar-refractivity contribution in [2.24, 2.45) is 5.92 Å². The van der Waals surface area contributed by atoms with Crippen molar-refractivity contribution in [3.63, 3.8) is 0 Å². The Morgan fingerprint density at radius 2 is 1.90 bits per heavy atom. The average molecular weight is 301 g/mol. The molecule has 0 radical (unpaired) electrons. The van der Waals surface area contributed by atoms with E-state index in [-0.39, 0.29) is 6.10 Å². The highest BCUT2D eigenvalue weighted by molar-refractivity contribution is 7.10. The number of thiophene rings is 1. The monoisotopic (exact) mass is 301 g/mol. The van der Waals surface area contributed by atoms with Crippen LogP contribution in [0.1, 0.15) is 30.6 Å². The predicted molar refractivity (Wildman–Crippen MR) is 89.4 cm³/mol. The van der Waals surface area contributed by atoms with Crippen LogP contribution in [0.15, 0.2) is 41.8 Å². The lowest BCUT2D eigenvalue weighted by Crippen LogP contribution is -2.33. The second-order valence-corrected chi connectivity index (χ2v) is 6.91. The number of benzene rings is 1. The summed E-state index contributed by atoms with van der Waals surface area (Å²) in [4.78, 5) is 1.36. The normalized spacial score (nSPS) is 22.3. The van der Waals surface area contributed by atoms with Gasteiger partial charge in [-0.1, -0.05) is 43.2 Å². The first kappa shape index (κ1) is 14.8. The average Bonchev–Trinajstić information content (AvgIpc) is 2.99. The van der Waals surface area contributed by atoms with Crippen molar-refractivity contribution in [3.05, 3.63) is 46.7 Å². The molecule has 0 spiro atoms. The molecule has 3 heteroatoms. The van der Waals surface area contributed by atoms with Crippen molar-refractivity contribution < 1.29 is 5.11 Å². The fraction of sp³-hybridized carbons (Fsp3) is 0.444. The fourth-order valence-electron chi connectivity index (χ4n) is 3.06. The van der Waals surface area contributed by atoms with Gasteiger partial charge < -0.3 is 10.4 Å². The van der Waals surface area contributed by atoms with Crippen LogP contribution in [0.4, 0.5) is 0 Å². The summed E-state index contributed by atoms with van der Waals surface area (Å²) in [5.74, 6) is 0.437. The second-order valence-electron chi connectivity index (χ2n) is 5.91. The molecule has 1 aliphatic carbocycles. The lowest BCUT2D eigenvalue weighted by Gasteiger charge is -2.27. The summed E-state index contributed by atoms with van der Waals surface area (Å²) in [6.45, 7) is 1.83. The molecule has 1 heterocycles. The quantitative estimate of drug-likeness (QED) is 0.873. The maximum atomic E-state index is 9.98. The Kier molecular flexibility index (Phi) is 5.07.